The number of benzene rings is 1. The van der Waals surface area contributed by atoms with Crippen LogP contribution >= 0.6 is 0 Å². The van der Waals surface area contributed by atoms with Gasteiger partial charge in [0.1, 0.15) is 17.2 Å². The smallest absolute Gasteiger partial charge is 0.311 e. The van der Waals surface area contributed by atoms with Crippen molar-refractivity contribution in [2.75, 3.05) is 20.2 Å². The van der Waals surface area contributed by atoms with Crippen LogP contribution in [-0.4, -0.2) is 46.4 Å². The van der Waals surface area contributed by atoms with E-state index in [0.717, 1.165) is 18.2 Å². The van der Waals surface area contributed by atoms with Gasteiger partial charge in [-0.2, -0.15) is 0 Å². The van der Waals surface area contributed by atoms with E-state index in [0.29, 0.717) is 31.2 Å². The van der Waals surface area contributed by atoms with Crippen LogP contribution in [0.5, 0.6) is 5.75 Å². The highest BCUT2D eigenvalue weighted by Gasteiger charge is 2.37. The van der Waals surface area contributed by atoms with Crippen LogP contribution in [0, 0.1) is 23.0 Å². The lowest BCUT2D eigenvalue weighted by Gasteiger charge is -2.42. The zero-order valence-corrected chi connectivity index (χ0v) is 20.9. The number of hydrogen-bond donors (Lipinski definition) is 1. The van der Waals surface area contributed by atoms with Gasteiger partial charge < -0.3 is 23.9 Å². The molecule has 38 heavy (non-hydrogen) atoms. The molecule has 2 aliphatic heterocycles. The van der Waals surface area contributed by atoms with Crippen molar-refractivity contribution in [1.82, 2.24) is 14.8 Å². The van der Waals surface area contributed by atoms with E-state index in [2.05, 4.69) is 5.32 Å². The molecule has 3 aromatic rings. The van der Waals surface area contributed by atoms with Crippen LogP contribution in [0.3, 0.4) is 0 Å². The van der Waals surface area contributed by atoms with Crippen molar-refractivity contribution in [1.29, 1.82) is 0 Å². The standard InChI is InChI=1S/C27H26N4O7/c1-16-6-8-20(38-16)12-21(28-26(33)18-7-9-24(37-2)23(11-18)31(35)36)27(34)29-13-17-10-19(15-29)22-4-3-5-25(32)30(22)14-17/h3-9,11-12,17,19H,10,13-15H2,1-2H3,(H,28,33)/b21-12+. The molecular formula is C27H26N4O7. The molecule has 2 aliphatic rings. The van der Waals surface area contributed by atoms with Crippen LogP contribution in [0.25, 0.3) is 6.08 Å². The second kappa shape index (κ2) is 10.0. The molecule has 2 amide bonds. The number of methoxy groups -OCH3 is 1. The fourth-order valence-corrected chi connectivity index (χ4v) is 5.23. The maximum absolute atomic E-state index is 13.8. The average Bonchev–Trinajstić information content (AvgIpc) is 3.32. The van der Waals surface area contributed by atoms with E-state index in [1.54, 1.807) is 40.7 Å². The molecule has 4 heterocycles. The maximum Gasteiger partial charge on any atom is 0.311 e. The molecule has 0 saturated carbocycles. The molecule has 0 spiro atoms. The number of aryl methyl sites for hydroxylation is 1. The maximum atomic E-state index is 13.8. The van der Waals surface area contributed by atoms with E-state index in [9.17, 15) is 24.5 Å². The topological polar surface area (TPSA) is 137 Å². The lowest BCUT2D eigenvalue weighted by molar-refractivity contribution is -0.385. The van der Waals surface area contributed by atoms with Gasteiger partial charge in [-0.3, -0.25) is 24.5 Å². The highest BCUT2D eigenvalue weighted by atomic mass is 16.6. The van der Waals surface area contributed by atoms with E-state index in [1.165, 1.54) is 25.3 Å². The average molecular weight is 519 g/mol. The minimum absolute atomic E-state index is 0.00404. The van der Waals surface area contributed by atoms with Gasteiger partial charge in [-0.15, -0.1) is 0 Å². The summed E-state index contributed by atoms with van der Waals surface area (Å²) in [4.78, 5) is 51.7. The lowest BCUT2D eigenvalue weighted by atomic mass is 9.83. The van der Waals surface area contributed by atoms with E-state index < -0.39 is 16.7 Å². The first kappa shape index (κ1) is 25.0. The quantitative estimate of drug-likeness (QED) is 0.301. The number of nitrogens with zero attached hydrogens (tertiary/aromatic N) is 3. The summed E-state index contributed by atoms with van der Waals surface area (Å²) in [5.41, 5.74) is 0.458. The highest BCUT2D eigenvalue weighted by molar-refractivity contribution is 6.05. The van der Waals surface area contributed by atoms with Gasteiger partial charge in [0.2, 0.25) is 0 Å². The number of likely N-dealkylation sites (tertiary alicyclic amines) is 1. The first-order valence-corrected chi connectivity index (χ1v) is 12.1. The lowest BCUT2D eigenvalue weighted by Crippen LogP contribution is -2.50. The van der Waals surface area contributed by atoms with Crippen molar-refractivity contribution in [3.05, 3.63) is 97.5 Å². The number of nitro benzene ring substituents is 1. The van der Waals surface area contributed by atoms with Gasteiger partial charge >= 0.3 is 5.69 Å². The number of aromatic nitrogens is 1. The molecule has 0 aliphatic carbocycles. The molecule has 1 saturated heterocycles. The largest absolute Gasteiger partial charge is 0.490 e. The van der Waals surface area contributed by atoms with Crippen molar-refractivity contribution in [3.8, 4) is 5.75 Å². The molecule has 0 radical (unpaired) electrons. The second-order valence-electron chi connectivity index (χ2n) is 9.51. The Balaban J connectivity index is 1.44. The van der Waals surface area contributed by atoms with Crippen molar-refractivity contribution in [2.45, 2.75) is 25.8 Å². The normalized spacial score (nSPS) is 18.5. The zero-order chi connectivity index (χ0) is 27.0. The van der Waals surface area contributed by atoms with Gasteiger partial charge in [-0.25, -0.2) is 0 Å². The predicted molar refractivity (Wildman–Crippen MR) is 137 cm³/mol. The molecule has 1 N–H and O–H groups in total. The summed E-state index contributed by atoms with van der Waals surface area (Å²) in [7, 11) is 1.30. The number of rotatable bonds is 6. The summed E-state index contributed by atoms with van der Waals surface area (Å²) in [5, 5.41) is 14.1. The summed E-state index contributed by atoms with van der Waals surface area (Å²) >= 11 is 0. The predicted octanol–water partition coefficient (Wildman–Crippen LogP) is 3.08. The third kappa shape index (κ3) is 4.82. The van der Waals surface area contributed by atoms with Gasteiger partial charge in [-0.05, 0) is 49.6 Å². The molecule has 2 atom stereocenters. The van der Waals surface area contributed by atoms with E-state index in [4.69, 9.17) is 9.15 Å². The van der Waals surface area contributed by atoms with Crippen LogP contribution < -0.4 is 15.6 Å². The Kier molecular flexibility index (Phi) is 6.58. The number of ether oxygens (including phenoxy) is 1. The molecule has 2 unspecified atom stereocenters. The van der Waals surface area contributed by atoms with Crippen LogP contribution in [0.15, 0.2) is 63.4 Å². The Morgan fingerprint density at radius 2 is 1.97 bits per heavy atom. The number of nitrogens with one attached hydrogen (secondary N) is 1. The van der Waals surface area contributed by atoms with E-state index in [1.807, 2.05) is 6.07 Å². The Morgan fingerprint density at radius 1 is 1.16 bits per heavy atom. The van der Waals surface area contributed by atoms with Crippen LogP contribution in [-0.2, 0) is 11.3 Å². The van der Waals surface area contributed by atoms with Crippen LogP contribution in [0.4, 0.5) is 5.69 Å². The second-order valence-corrected chi connectivity index (χ2v) is 9.51. The van der Waals surface area contributed by atoms with E-state index >= 15 is 0 Å². The van der Waals surface area contributed by atoms with Crippen molar-refractivity contribution in [2.24, 2.45) is 5.92 Å². The van der Waals surface area contributed by atoms with Crippen LogP contribution in [0.1, 0.15) is 39.9 Å². The number of pyridine rings is 1. The minimum atomic E-state index is -0.687. The summed E-state index contributed by atoms with van der Waals surface area (Å²) < 4.78 is 12.4. The number of carbonyl (C=O) groups is 2. The molecule has 1 aromatic carbocycles. The minimum Gasteiger partial charge on any atom is -0.490 e. The summed E-state index contributed by atoms with van der Waals surface area (Å²) in [6, 6.07) is 12.4. The number of fused-ring (bicyclic) bond motifs is 4. The molecule has 1 fully saturated rings. The van der Waals surface area contributed by atoms with Crippen molar-refractivity contribution in [3.63, 3.8) is 0 Å². The molecule has 196 valence electrons. The number of carbonyl (C=O) groups excluding carboxylic acids is 2. The van der Waals surface area contributed by atoms with Gasteiger partial charge in [0, 0.05) is 55.0 Å². The third-order valence-corrected chi connectivity index (χ3v) is 6.93. The van der Waals surface area contributed by atoms with Gasteiger partial charge in [0.05, 0.1) is 12.0 Å². The summed E-state index contributed by atoms with van der Waals surface area (Å²) in [6.07, 6.45) is 2.32. The van der Waals surface area contributed by atoms with Crippen molar-refractivity contribution < 1.29 is 23.7 Å². The Morgan fingerprint density at radius 3 is 2.68 bits per heavy atom. The molecule has 11 heteroatoms. The van der Waals surface area contributed by atoms with E-state index in [-0.39, 0.29) is 40.1 Å². The monoisotopic (exact) mass is 518 g/mol. The molecule has 2 bridgehead atoms. The fourth-order valence-electron chi connectivity index (χ4n) is 5.23. The first-order valence-electron chi connectivity index (χ1n) is 12.1. The fraction of sp³-hybridized carbons (Fsp3) is 0.296. The summed E-state index contributed by atoms with van der Waals surface area (Å²) in [5.74, 6) is 0.0219. The molecule has 5 rings (SSSR count). The molecule has 2 aromatic heterocycles. The Hall–Kier alpha value is -4.67. The summed E-state index contributed by atoms with van der Waals surface area (Å²) in [6.45, 7) is 3.10. The Labute approximate surface area is 217 Å². The first-order chi connectivity index (χ1) is 18.2. The Bertz CT molecular complexity index is 1520. The number of hydrogen-bond acceptors (Lipinski definition) is 7. The number of piperidine rings is 1. The third-order valence-electron chi connectivity index (χ3n) is 6.93. The highest BCUT2D eigenvalue weighted by Crippen LogP contribution is 2.35. The molecular weight excluding hydrogens is 492 g/mol. The van der Waals surface area contributed by atoms with Crippen LogP contribution in [0.2, 0.25) is 0 Å². The van der Waals surface area contributed by atoms with Crippen molar-refractivity contribution >= 4 is 23.6 Å². The number of nitro groups is 1. The molecule has 11 nitrogen and oxygen atoms in total. The number of amides is 2. The van der Waals surface area contributed by atoms with Gasteiger partial charge in [-0.1, -0.05) is 6.07 Å². The van der Waals surface area contributed by atoms with Gasteiger partial charge in [0.15, 0.2) is 5.75 Å². The number of furan rings is 1. The SMILES string of the molecule is COc1ccc(C(=O)N/C(=C/c2ccc(C)o2)C(=O)N2CC3CC(C2)c2cccc(=O)n2C3)cc1[N+](=O)[O-]. The zero-order valence-electron chi connectivity index (χ0n) is 20.9. The van der Waals surface area contributed by atoms with Gasteiger partial charge in [0.25, 0.3) is 17.4 Å².